The van der Waals surface area contributed by atoms with E-state index in [1.165, 1.54) is 6.07 Å². The molecule has 1 atom stereocenters. The summed E-state index contributed by atoms with van der Waals surface area (Å²) in [7, 11) is 0. The Morgan fingerprint density at radius 3 is 2.32 bits per heavy atom. The maximum atomic E-state index is 15.2. The fraction of sp³-hybridized carbons (Fsp3) is 0.414. The Labute approximate surface area is 223 Å². The van der Waals surface area contributed by atoms with E-state index in [2.05, 4.69) is 15.4 Å². The summed E-state index contributed by atoms with van der Waals surface area (Å²) in [6.45, 7) is 11.5. The topological polar surface area (TPSA) is 81.9 Å². The quantitative estimate of drug-likeness (QED) is 0.457. The van der Waals surface area contributed by atoms with E-state index in [4.69, 9.17) is 4.52 Å². The summed E-state index contributed by atoms with van der Waals surface area (Å²) >= 11 is 0. The second kappa shape index (κ2) is 12.2. The minimum absolute atomic E-state index is 0.0905. The lowest BCUT2D eigenvalue weighted by Gasteiger charge is -2.41. The molecule has 2 aromatic carbocycles. The molecule has 8 nitrogen and oxygen atoms in total. The van der Waals surface area contributed by atoms with Crippen molar-refractivity contribution in [2.75, 3.05) is 44.2 Å². The molecule has 3 aromatic rings. The molecule has 1 aliphatic rings. The van der Waals surface area contributed by atoms with Crippen LogP contribution >= 0.6 is 0 Å². The molecule has 2 amide bonds. The minimum atomic E-state index is -0.442. The van der Waals surface area contributed by atoms with E-state index < -0.39 is 5.82 Å². The van der Waals surface area contributed by atoms with E-state index in [0.717, 1.165) is 16.8 Å². The number of carbonyl (C=O) groups excluding carboxylic acids is 2. The molecular formula is C29H36FN5O3. The molecule has 202 valence electrons. The first-order valence-corrected chi connectivity index (χ1v) is 13.2. The predicted octanol–water partition coefficient (Wildman–Crippen LogP) is 4.09. The van der Waals surface area contributed by atoms with Crippen molar-refractivity contribution in [1.82, 2.24) is 20.3 Å². The van der Waals surface area contributed by atoms with Crippen molar-refractivity contribution in [1.29, 1.82) is 0 Å². The van der Waals surface area contributed by atoms with Gasteiger partial charge in [-0.15, -0.1) is 0 Å². The molecule has 0 radical (unpaired) electrons. The Kier molecular flexibility index (Phi) is 8.78. The number of nitrogens with one attached hydrogen (secondary N) is 1. The lowest BCUT2D eigenvalue weighted by molar-refractivity contribution is -0.137. The molecule has 9 heteroatoms. The Balaban J connectivity index is 1.42. The summed E-state index contributed by atoms with van der Waals surface area (Å²) in [5.74, 6) is -0.0623. The minimum Gasteiger partial charge on any atom is -0.367 e. The predicted molar refractivity (Wildman–Crippen MR) is 144 cm³/mol. The molecular weight excluding hydrogens is 485 g/mol. The zero-order chi connectivity index (χ0) is 27.2. The van der Waals surface area contributed by atoms with Gasteiger partial charge in [0.15, 0.2) is 0 Å². The third kappa shape index (κ3) is 5.88. The van der Waals surface area contributed by atoms with Crippen molar-refractivity contribution >= 4 is 17.5 Å². The summed E-state index contributed by atoms with van der Waals surface area (Å²) < 4.78 is 20.3. The lowest BCUT2D eigenvalue weighted by Crippen LogP contribution is -2.52. The van der Waals surface area contributed by atoms with Crippen LogP contribution in [0, 0.1) is 19.7 Å². The molecule has 1 N–H and O–H groups in total. The van der Waals surface area contributed by atoms with Gasteiger partial charge in [0.1, 0.15) is 17.6 Å². The van der Waals surface area contributed by atoms with Gasteiger partial charge in [-0.1, -0.05) is 35.5 Å². The number of likely N-dealkylation sites (N-methyl/N-ethyl adjacent to an activating group) is 1. The zero-order valence-electron chi connectivity index (χ0n) is 22.5. The number of hydrogen-bond donors (Lipinski definition) is 1. The molecule has 4 rings (SSSR count). The highest BCUT2D eigenvalue weighted by Gasteiger charge is 2.33. The van der Waals surface area contributed by atoms with Crippen LogP contribution < -0.4 is 10.2 Å². The number of amides is 2. The van der Waals surface area contributed by atoms with Crippen LogP contribution in [0.1, 0.15) is 52.8 Å². The second-order valence-corrected chi connectivity index (χ2v) is 9.50. The molecule has 1 aromatic heterocycles. The van der Waals surface area contributed by atoms with Crippen LogP contribution in [-0.2, 0) is 11.3 Å². The van der Waals surface area contributed by atoms with Crippen LogP contribution in [0.25, 0.3) is 0 Å². The molecule has 0 spiro atoms. The number of carbonyl (C=O) groups is 2. The number of rotatable bonds is 9. The van der Waals surface area contributed by atoms with Gasteiger partial charge in [0.05, 0.1) is 11.4 Å². The van der Waals surface area contributed by atoms with Gasteiger partial charge in [0.25, 0.3) is 5.91 Å². The van der Waals surface area contributed by atoms with Crippen molar-refractivity contribution in [3.05, 3.63) is 82.5 Å². The first-order chi connectivity index (χ1) is 18.3. The van der Waals surface area contributed by atoms with Crippen LogP contribution in [0.5, 0.6) is 0 Å². The van der Waals surface area contributed by atoms with Gasteiger partial charge in [-0.05, 0) is 51.5 Å². The summed E-state index contributed by atoms with van der Waals surface area (Å²) in [6.07, 6.45) is 0. The van der Waals surface area contributed by atoms with Gasteiger partial charge >= 0.3 is 0 Å². The number of anilines is 1. The summed E-state index contributed by atoms with van der Waals surface area (Å²) in [4.78, 5) is 32.1. The Bertz CT molecular complexity index is 1230. The highest BCUT2D eigenvalue weighted by molar-refractivity contribution is 5.94. The molecule has 38 heavy (non-hydrogen) atoms. The van der Waals surface area contributed by atoms with Crippen molar-refractivity contribution in [2.45, 2.75) is 40.3 Å². The number of halogens is 1. The van der Waals surface area contributed by atoms with E-state index in [0.29, 0.717) is 50.7 Å². The molecule has 1 fully saturated rings. The molecule has 0 aliphatic carbocycles. The zero-order valence-corrected chi connectivity index (χ0v) is 22.5. The Hall–Kier alpha value is -3.72. The van der Waals surface area contributed by atoms with Crippen molar-refractivity contribution < 1.29 is 18.5 Å². The molecule has 1 aliphatic heterocycles. The van der Waals surface area contributed by atoms with Gasteiger partial charge in [-0.2, -0.15) is 0 Å². The molecule has 1 unspecified atom stereocenters. The second-order valence-electron chi connectivity index (χ2n) is 9.50. The Morgan fingerprint density at radius 1 is 1.05 bits per heavy atom. The maximum absolute atomic E-state index is 15.2. The monoisotopic (exact) mass is 521 g/mol. The number of benzene rings is 2. The van der Waals surface area contributed by atoms with E-state index in [-0.39, 0.29) is 30.0 Å². The molecule has 0 bridgehead atoms. The van der Waals surface area contributed by atoms with Gasteiger partial charge in [-0.25, -0.2) is 4.39 Å². The normalized spacial score (nSPS) is 14.8. The summed E-state index contributed by atoms with van der Waals surface area (Å²) in [6, 6.07) is 14.1. The fourth-order valence-electron chi connectivity index (χ4n) is 5.00. The van der Waals surface area contributed by atoms with E-state index in [1.54, 1.807) is 19.1 Å². The average Bonchev–Trinajstić information content (AvgIpc) is 3.25. The van der Waals surface area contributed by atoms with Crippen molar-refractivity contribution in [2.24, 2.45) is 0 Å². The first-order valence-electron chi connectivity index (χ1n) is 13.2. The number of piperazine rings is 1. The number of nitrogens with zero attached hydrogens (tertiary/aromatic N) is 4. The summed E-state index contributed by atoms with van der Waals surface area (Å²) in [5, 5.41) is 6.70. The van der Waals surface area contributed by atoms with Gasteiger partial charge in [-0.3, -0.25) is 14.5 Å². The standard InChI is InChI=1S/C29H36FN5O3/c1-5-33(6-2)29(37)27(22-10-8-7-9-11-22)35-16-14-34(15-17-35)26-13-12-23(18-25(26)30)28(36)31-19-24-20(3)32-38-21(24)4/h7-13,18,27H,5-6,14-17,19H2,1-4H3,(H,31,36). The summed E-state index contributed by atoms with van der Waals surface area (Å²) in [5.41, 5.74) is 3.22. The molecule has 1 saturated heterocycles. The van der Waals surface area contributed by atoms with E-state index in [1.807, 2.05) is 60.9 Å². The fourth-order valence-corrected chi connectivity index (χ4v) is 5.00. The van der Waals surface area contributed by atoms with Crippen LogP contribution in [-0.4, -0.2) is 66.0 Å². The number of aromatic nitrogens is 1. The third-order valence-corrected chi connectivity index (χ3v) is 7.26. The van der Waals surface area contributed by atoms with Crippen LogP contribution in [0.2, 0.25) is 0 Å². The van der Waals surface area contributed by atoms with Crippen molar-refractivity contribution in [3.63, 3.8) is 0 Å². The molecule has 0 saturated carbocycles. The molecule has 2 heterocycles. The SMILES string of the molecule is CCN(CC)C(=O)C(c1ccccc1)N1CCN(c2ccc(C(=O)NCc3c(C)noc3C)cc2F)CC1. The van der Waals surface area contributed by atoms with Crippen LogP contribution in [0.3, 0.4) is 0 Å². The Morgan fingerprint density at radius 2 is 1.74 bits per heavy atom. The van der Waals surface area contributed by atoms with Gasteiger partial charge in [0.2, 0.25) is 5.91 Å². The number of aryl methyl sites for hydroxylation is 2. The number of hydrogen-bond acceptors (Lipinski definition) is 6. The maximum Gasteiger partial charge on any atom is 0.251 e. The highest BCUT2D eigenvalue weighted by Crippen LogP contribution is 2.28. The van der Waals surface area contributed by atoms with E-state index >= 15 is 4.39 Å². The smallest absolute Gasteiger partial charge is 0.251 e. The van der Waals surface area contributed by atoms with Crippen LogP contribution in [0.4, 0.5) is 10.1 Å². The van der Waals surface area contributed by atoms with Crippen molar-refractivity contribution in [3.8, 4) is 0 Å². The van der Waals surface area contributed by atoms with Gasteiger partial charge in [0, 0.05) is 56.9 Å². The third-order valence-electron chi connectivity index (χ3n) is 7.26. The lowest BCUT2D eigenvalue weighted by atomic mass is 10.0. The van der Waals surface area contributed by atoms with E-state index in [9.17, 15) is 9.59 Å². The highest BCUT2D eigenvalue weighted by atomic mass is 19.1. The largest absolute Gasteiger partial charge is 0.367 e. The first kappa shape index (κ1) is 27.3. The van der Waals surface area contributed by atoms with Gasteiger partial charge < -0.3 is 19.6 Å². The average molecular weight is 522 g/mol. The van der Waals surface area contributed by atoms with Crippen LogP contribution in [0.15, 0.2) is 53.1 Å².